The van der Waals surface area contributed by atoms with Crippen LogP contribution in [0.1, 0.15) is 23.5 Å². The summed E-state index contributed by atoms with van der Waals surface area (Å²) in [6.07, 6.45) is -4.43. The van der Waals surface area contributed by atoms with Crippen LogP contribution < -0.4 is 10.2 Å². The Hall–Kier alpha value is -2.25. The second-order valence-corrected chi connectivity index (χ2v) is 5.56. The molecule has 0 radical (unpaired) electrons. The fourth-order valence-corrected chi connectivity index (χ4v) is 2.60. The molecule has 0 aliphatic carbocycles. The van der Waals surface area contributed by atoms with Crippen molar-refractivity contribution in [2.45, 2.75) is 26.0 Å². The van der Waals surface area contributed by atoms with Gasteiger partial charge in [-0.15, -0.1) is 0 Å². The number of nitrogens with zero attached hydrogens (tertiary/aromatic N) is 2. The Balaban J connectivity index is 1.95. The summed E-state index contributed by atoms with van der Waals surface area (Å²) in [7, 11) is 0. The molecule has 1 aromatic rings. The van der Waals surface area contributed by atoms with Crippen LogP contribution in [0.15, 0.2) is 24.3 Å². The van der Waals surface area contributed by atoms with E-state index in [2.05, 4.69) is 5.32 Å². The first-order valence-electron chi connectivity index (χ1n) is 8.91. The van der Waals surface area contributed by atoms with Gasteiger partial charge in [0, 0.05) is 42.8 Å². The van der Waals surface area contributed by atoms with Gasteiger partial charge in [-0.2, -0.15) is 13.2 Å². The van der Waals surface area contributed by atoms with E-state index in [0.717, 1.165) is 12.1 Å². The van der Waals surface area contributed by atoms with Gasteiger partial charge in [0.15, 0.2) is 0 Å². The molecule has 1 aliphatic heterocycles. The lowest BCUT2D eigenvalue weighted by Crippen LogP contribution is -2.54. The average Bonchev–Trinajstić information content (AvgIpc) is 2.59. The van der Waals surface area contributed by atoms with E-state index < -0.39 is 36.4 Å². The Morgan fingerprint density at radius 1 is 1.25 bits per heavy atom. The molecule has 1 aromatic carbocycles. The minimum Gasteiger partial charge on any atom is -0.368 e. The number of hydrogen-bond donors (Lipinski definition) is 1. The summed E-state index contributed by atoms with van der Waals surface area (Å²) in [5.74, 6) is -1.64. The highest BCUT2D eigenvalue weighted by Gasteiger charge is 2.31. The molecule has 0 saturated carbocycles. The van der Waals surface area contributed by atoms with E-state index in [-0.39, 0.29) is 13.1 Å². The molecule has 1 atom stereocenters. The van der Waals surface area contributed by atoms with Crippen molar-refractivity contribution in [2.75, 3.05) is 31.1 Å². The van der Waals surface area contributed by atoms with E-state index >= 15 is 0 Å². The van der Waals surface area contributed by atoms with Crippen LogP contribution in [-0.4, -0.2) is 48.9 Å². The molecular formula is C16H20F3N3O2. The minimum atomic E-state index is -4.43. The molecule has 1 aliphatic rings. The van der Waals surface area contributed by atoms with Crippen molar-refractivity contribution in [3.63, 3.8) is 0 Å². The maximum absolute atomic E-state index is 12.8. The molecule has 2 amide bonds. The Bertz CT molecular complexity index is 702. The summed E-state index contributed by atoms with van der Waals surface area (Å²) < 4.78 is 59.5. The number of halogens is 3. The zero-order valence-electron chi connectivity index (χ0n) is 16.1. The van der Waals surface area contributed by atoms with E-state index in [4.69, 9.17) is 4.11 Å². The first-order chi connectivity index (χ1) is 12.4. The molecule has 1 saturated heterocycles. The molecule has 1 heterocycles. The number of anilines is 1. The summed E-state index contributed by atoms with van der Waals surface area (Å²) >= 11 is 0. The third kappa shape index (κ3) is 4.39. The van der Waals surface area contributed by atoms with Crippen molar-refractivity contribution in [1.82, 2.24) is 10.2 Å². The number of rotatable bonds is 3. The summed E-state index contributed by atoms with van der Waals surface area (Å²) in [5, 5.41) is 2.15. The van der Waals surface area contributed by atoms with Crippen molar-refractivity contribution < 1.29 is 26.9 Å². The number of benzene rings is 1. The van der Waals surface area contributed by atoms with Crippen molar-refractivity contribution in [1.29, 1.82) is 0 Å². The zero-order chi connectivity index (χ0) is 20.4. The number of hydrogen-bond acceptors (Lipinski definition) is 3. The van der Waals surface area contributed by atoms with E-state index in [1.807, 2.05) is 0 Å². The third-order valence-corrected chi connectivity index (χ3v) is 3.85. The number of piperazine rings is 1. The van der Waals surface area contributed by atoms with E-state index in [0.29, 0.717) is 18.8 Å². The molecule has 2 rings (SSSR count). The topological polar surface area (TPSA) is 52.7 Å². The van der Waals surface area contributed by atoms with Crippen LogP contribution in [-0.2, 0) is 15.8 Å². The quantitative estimate of drug-likeness (QED) is 0.909. The van der Waals surface area contributed by atoms with Gasteiger partial charge in [-0.25, -0.2) is 0 Å². The average molecular weight is 346 g/mol. The smallest absolute Gasteiger partial charge is 0.368 e. The van der Waals surface area contributed by atoms with Crippen LogP contribution in [0.2, 0.25) is 0 Å². The van der Waals surface area contributed by atoms with Crippen LogP contribution in [0, 0.1) is 0 Å². The summed E-state index contributed by atoms with van der Waals surface area (Å²) in [5.41, 5.74) is -0.319. The van der Waals surface area contributed by atoms with Crippen LogP contribution in [0.5, 0.6) is 0 Å². The molecule has 1 N–H and O–H groups in total. The van der Waals surface area contributed by atoms with Crippen molar-refractivity contribution in [3.05, 3.63) is 29.8 Å². The lowest BCUT2D eigenvalue weighted by Gasteiger charge is -2.37. The van der Waals surface area contributed by atoms with Gasteiger partial charge in [0.05, 0.1) is 5.56 Å². The molecule has 24 heavy (non-hydrogen) atoms. The normalized spacial score (nSPS) is 19.1. The van der Waals surface area contributed by atoms with Gasteiger partial charge in [0.1, 0.15) is 6.04 Å². The van der Waals surface area contributed by atoms with Gasteiger partial charge in [-0.05, 0) is 25.1 Å². The Morgan fingerprint density at radius 3 is 2.50 bits per heavy atom. The van der Waals surface area contributed by atoms with E-state index in [1.54, 1.807) is 11.0 Å². The van der Waals surface area contributed by atoms with Crippen LogP contribution in [0.25, 0.3) is 0 Å². The largest absolute Gasteiger partial charge is 0.416 e. The minimum absolute atomic E-state index is 0.253. The van der Waals surface area contributed by atoms with Crippen molar-refractivity contribution >= 4 is 17.5 Å². The van der Waals surface area contributed by atoms with Gasteiger partial charge >= 0.3 is 6.18 Å². The van der Waals surface area contributed by atoms with Crippen LogP contribution in [0.3, 0.4) is 0 Å². The maximum Gasteiger partial charge on any atom is 0.416 e. The summed E-state index contributed by atoms with van der Waals surface area (Å²) in [6.45, 7) is -0.284. The van der Waals surface area contributed by atoms with Crippen LogP contribution in [0.4, 0.5) is 18.9 Å². The van der Waals surface area contributed by atoms with Crippen molar-refractivity contribution in [2.24, 2.45) is 0 Å². The van der Waals surface area contributed by atoms with Gasteiger partial charge in [0.25, 0.3) is 0 Å². The fourth-order valence-electron chi connectivity index (χ4n) is 2.60. The molecule has 1 fully saturated rings. The standard InChI is InChI=1S/C16H20F3N3O2/c1-11(20-12(2)23)15(24)22-8-6-21(7-9-22)14-5-3-4-13(10-14)16(17,18)19/h3-5,10-11H,6-9H2,1-2H3,(H,20,23)/t11-/m1/s1/i2D3. The number of carbonyl (C=O) groups is 2. The fraction of sp³-hybridized carbons (Fsp3) is 0.500. The SMILES string of the molecule is [2H]C([2H])([2H])C(=O)N[C@H](C)C(=O)N1CCN(c2cccc(C(F)(F)F)c2)CC1. The van der Waals surface area contributed by atoms with Gasteiger partial charge in [-0.1, -0.05) is 6.07 Å². The van der Waals surface area contributed by atoms with Gasteiger partial charge in [-0.3, -0.25) is 9.59 Å². The number of alkyl halides is 3. The monoisotopic (exact) mass is 346 g/mol. The molecule has 132 valence electrons. The number of amides is 2. The predicted molar refractivity (Wildman–Crippen MR) is 83.5 cm³/mol. The van der Waals surface area contributed by atoms with Gasteiger partial charge < -0.3 is 15.1 Å². The second-order valence-electron chi connectivity index (χ2n) is 5.56. The Kier molecular flexibility index (Phi) is 4.18. The third-order valence-electron chi connectivity index (χ3n) is 3.85. The van der Waals surface area contributed by atoms with Crippen LogP contribution >= 0.6 is 0 Å². The number of carbonyl (C=O) groups excluding carboxylic acids is 2. The summed E-state index contributed by atoms with van der Waals surface area (Å²) in [6, 6.07) is 3.97. The lowest BCUT2D eigenvalue weighted by molar-refractivity contribution is -0.137. The zero-order valence-corrected chi connectivity index (χ0v) is 13.1. The number of nitrogens with one attached hydrogen (secondary N) is 1. The van der Waals surface area contributed by atoms with Gasteiger partial charge in [0.2, 0.25) is 11.8 Å². The lowest BCUT2D eigenvalue weighted by atomic mass is 10.1. The Morgan fingerprint density at radius 2 is 1.92 bits per heavy atom. The van der Waals surface area contributed by atoms with E-state index in [1.165, 1.54) is 17.9 Å². The second kappa shape index (κ2) is 7.11. The highest BCUT2D eigenvalue weighted by Crippen LogP contribution is 2.31. The molecule has 0 unspecified atom stereocenters. The highest BCUT2D eigenvalue weighted by atomic mass is 19.4. The van der Waals surface area contributed by atoms with Crippen molar-refractivity contribution in [3.8, 4) is 0 Å². The molecule has 0 bridgehead atoms. The highest BCUT2D eigenvalue weighted by molar-refractivity contribution is 5.86. The molecular weight excluding hydrogens is 323 g/mol. The molecule has 8 heteroatoms. The predicted octanol–water partition coefficient (Wildman–Crippen LogP) is 1.88. The first kappa shape index (κ1) is 14.1. The molecule has 0 spiro atoms. The van der Waals surface area contributed by atoms with E-state index in [9.17, 15) is 22.8 Å². The maximum atomic E-state index is 12.8. The first-order valence-corrected chi connectivity index (χ1v) is 7.41. The summed E-state index contributed by atoms with van der Waals surface area (Å²) in [4.78, 5) is 27.0. The molecule has 0 aromatic heterocycles. The molecule has 5 nitrogen and oxygen atoms in total. The Labute approximate surface area is 142 Å².